The Kier molecular flexibility index (Phi) is 5.26. The van der Waals surface area contributed by atoms with E-state index in [-0.39, 0.29) is 22.5 Å². The van der Waals surface area contributed by atoms with E-state index >= 15 is 4.39 Å². The number of nitrogens with zero attached hydrogens (tertiary/aromatic N) is 1. The van der Waals surface area contributed by atoms with E-state index in [0.717, 1.165) is 5.56 Å². The summed E-state index contributed by atoms with van der Waals surface area (Å²) in [6.45, 7) is 1.91. The number of hydrogen-bond acceptors (Lipinski definition) is 4. The van der Waals surface area contributed by atoms with Crippen LogP contribution in [0.15, 0.2) is 97.1 Å². The van der Waals surface area contributed by atoms with Crippen LogP contribution in [0.2, 0.25) is 0 Å². The fraction of sp³-hybridized carbons (Fsp3) is 0.147. The lowest BCUT2D eigenvalue weighted by atomic mass is 9.64. The molecule has 40 heavy (non-hydrogen) atoms. The molecule has 4 aromatic rings. The summed E-state index contributed by atoms with van der Waals surface area (Å²) in [7, 11) is 0. The van der Waals surface area contributed by atoms with Crippen LogP contribution in [0.1, 0.15) is 53.7 Å². The number of aryl methyl sites for hydroxylation is 1. The second-order valence-electron chi connectivity index (χ2n) is 10.7. The van der Waals surface area contributed by atoms with Gasteiger partial charge in [0.05, 0.1) is 6.04 Å². The Morgan fingerprint density at radius 3 is 2.15 bits per heavy atom. The van der Waals surface area contributed by atoms with Crippen LogP contribution in [0.5, 0.6) is 0 Å². The first-order chi connectivity index (χ1) is 19.3. The monoisotopic (exact) mass is 531 g/mol. The van der Waals surface area contributed by atoms with Crippen LogP contribution in [0.25, 0.3) is 6.08 Å². The summed E-state index contributed by atoms with van der Waals surface area (Å²) < 4.78 is 30.1. The van der Waals surface area contributed by atoms with Crippen molar-refractivity contribution in [1.82, 2.24) is 0 Å². The number of halogens is 2. The number of fused-ring (bicyclic) bond motifs is 5. The molecule has 0 bridgehead atoms. The van der Waals surface area contributed by atoms with E-state index in [1.165, 1.54) is 24.3 Å². The molecule has 3 aliphatic rings. The highest BCUT2D eigenvalue weighted by Gasteiger charge is 2.71. The van der Waals surface area contributed by atoms with E-state index in [0.29, 0.717) is 16.8 Å². The van der Waals surface area contributed by atoms with Crippen LogP contribution in [0, 0.1) is 24.0 Å². The minimum Gasteiger partial charge on any atom is -0.352 e. The molecule has 6 heteroatoms. The van der Waals surface area contributed by atoms with Gasteiger partial charge in [-0.25, -0.2) is 8.78 Å². The molecule has 3 atom stereocenters. The lowest BCUT2D eigenvalue weighted by molar-refractivity contribution is 0.0664. The molecule has 4 aromatic carbocycles. The van der Waals surface area contributed by atoms with Crippen LogP contribution in [-0.2, 0) is 0 Å². The zero-order chi connectivity index (χ0) is 27.8. The normalized spacial score (nSPS) is 21.9. The van der Waals surface area contributed by atoms with Crippen molar-refractivity contribution in [2.45, 2.75) is 24.9 Å². The molecule has 4 nitrogen and oxygen atoms in total. The van der Waals surface area contributed by atoms with E-state index in [1.807, 2.05) is 19.1 Å². The van der Waals surface area contributed by atoms with E-state index in [1.54, 1.807) is 71.6 Å². The standard InChI is InChI=1S/C34H23F2NO3/c1-19-10-12-20(13-11-19)31(38)30-29(25-8-4-5-9-26(25)36)34(32(39)23-6-2-3-7-24(23)33(34)40)28-17-14-21-18-22(35)15-16-27(21)37(28)30/h2-18,28-30H,1H3/t28-,29+,30+/m1/s1. The molecule has 1 aliphatic carbocycles. The lowest BCUT2D eigenvalue weighted by Crippen LogP contribution is -2.48. The highest BCUT2D eigenvalue weighted by Crippen LogP contribution is 2.61. The van der Waals surface area contributed by atoms with Crippen molar-refractivity contribution in [3.8, 4) is 0 Å². The van der Waals surface area contributed by atoms with Gasteiger partial charge in [0.2, 0.25) is 0 Å². The number of carbonyl (C=O) groups is 3. The molecule has 1 spiro atoms. The molecule has 0 N–H and O–H groups in total. The van der Waals surface area contributed by atoms with E-state index in [9.17, 15) is 18.8 Å². The molecule has 0 amide bonds. The van der Waals surface area contributed by atoms with Crippen LogP contribution in [0.4, 0.5) is 14.5 Å². The van der Waals surface area contributed by atoms with Crippen molar-refractivity contribution >= 4 is 29.1 Å². The Hall–Kier alpha value is -4.71. The summed E-state index contributed by atoms with van der Waals surface area (Å²) in [5.41, 5.74) is 1.19. The van der Waals surface area contributed by atoms with Gasteiger partial charge in [0, 0.05) is 33.9 Å². The van der Waals surface area contributed by atoms with Gasteiger partial charge in [-0.15, -0.1) is 0 Å². The van der Waals surface area contributed by atoms with Crippen molar-refractivity contribution < 1.29 is 23.2 Å². The molecule has 1 fully saturated rings. The third-order valence-corrected chi connectivity index (χ3v) is 8.61. The lowest BCUT2D eigenvalue weighted by Gasteiger charge is -2.37. The van der Waals surface area contributed by atoms with Crippen molar-refractivity contribution in [2.24, 2.45) is 5.41 Å². The molecule has 0 aromatic heterocycles. The minimum atomic E-state index is -1.81. The van der Waals surface area contributed by atoms with Crippen molar-refractivity contribution in [2.75, 3.05) is 4.90 Å². The molecular weight excluding hydrogens is 508 g/mol. The molecule has 2 aliphatic heterocycles. The second-order valence-corrected chi connectivity index (χ2v) is 10.7. The zero-order valence-electron chi connectivity index (χ0n) is 21.5. The van der Waals surface area contributed by atoms with Gasteiger partial charge >= 0.3 is 0 Å². The number of carbonyl (C=O) groups excluding carboxylic acids is 3. The molecule has 1 saturated heterocycles. The smallest absolute Gasteiger partial charge is 0.185 e. The number of anilines is 1. The van der Waals surface area contributed by atoms with Crippen molar-refractivity contribution in [1.29, 1.82) is 0 Å². The maximum absolute atomic E-state index is 15.8. The van der Waals surface area contributed by atoms with Gasteiger partial charge in [-0.1, -0.05) is 84.4 Å². The van der Waals surface area contributed by atoms with Crippen molar-refractivity contribution in [3.63, 3.8) is 0 Å². The first-order valence-corrected chi connectivity index (χ1v) is 13.1. The number of hydrogen-bond donors (Lipinski definition) is 0. The summed E-state index contributed by atoms with van der Waals surface area (Å²) in [6.07, 6.45) is 3.38. The zero-order valence-corrected chi connectivity index (χ0v) is 21.5. The minimum absolute atomic E-state index is 0.119. The van der Waals surface area contributed by atoms with Gasteiger partial charge in [0.1, 0.15) is 23.1 Å². The number of ketones is 3. The average Bonchev–Trinajstić information content (AvgIpc) is 3.39. The first-order valence-electron chi connectivity index (χ1n) is 13.1. The topological polar surface area (TPSA) is 54.5 Å². The van der Waals surface area contributed by atoms with Crippen LogP contribution >= 0.6 is 0 Å². The predicted octanol–water partition coefficient (Wildman–Crippen LogP) is 6.59. The maximum atomic E-state index is 15.8. The third-order valence-electron chi connectivity index (χ3n) is 8.61. The van der Waals surface area contributed by atoms with E-state index in [4.69, 9.17) is 0 Å². The summed E-state index contributed by atoms with van der Waals surface area (Å²) in [5, 5.41) is 0. The van der Waals surface area contributed by atoms with E-state index in [2.05, 4.69) is 0 Å². The van der Waals surface area contributed by atoms with Crippen LogP contribution < -0.4 is 4.90 Å². The van der Waals surface area contributed by atoms with Crippen molar-refractivity contribution in [3.05, 3.63) is 142 Å². The SMILES string of the molecule is Cc1ccc(C(=O)[C@@H]2[C@H](c3ccccc3F)C3(C(=O)c4ccccc4C3=O)[C@H]3C=Cc4cc(F)ccc4N23)cc1. The fourth-order valence-corrected chi connectivity index (χ4v) is 6.91. The highest BCUT2D eigenvalue weighted by molar-refractivity contribution is 6.32. The fourth-order valence-electron chi connectivity index (χ4n) is 6.91. The van der Waals surface area contributed by atoms with Gasteiger partial charge in [0.25, 0.3) is 0 Å². The summed E-state index contributed by atoms with van der Waals surface area (Å²) in [6, 6.07) is 21.8. The molecule has 2 heterocycles. The number of Topliss-reactive ketones (excluding diaryl/α,β-unsaturated/α-hetero) is 3. The molecule has 0 saturated carbocycles. The molecule has 0 radical (unpaired) electrons. The predicted molar refractivity (Wildman–Crippen MR) is 148 cm³/mol. The van der Waals surface area contributed by atoms with Gasteiger partial charge in [-0.05, 0) is 36.8 Å². The van der Waals surface area contributed by atoms with Gasteiger partial charge < -0.3 is 4.90 Å². The Labute approximate surface area is 229 Å². The molecule has 0 unspecified atom stereocenters. The molecular formula is C34H23F2NO3. The first kappa shape index (κ1) is 24.3. The molecule has 196 valence electrons. The average molecular weight is 532 g/mol. The Bertz CT molecular complexity index is 1740. The summed E-state index contributed by atoms with van der Waals surface area (Å²) in [4.78, 5) is 45.3. The second kappa shape index (κ2) is 8.65. The number of benzene rings is 4. The third kappa shape index (κ3) is 3.13. The maximum Gasteiger partial charge on any atom is 0.185 e. The summed E-state index contributed by atoms with van der Waals surface area (Å²) in [5.74, 6) is -3.44. The Morgan fingerprint density at radius 2 is 1.48 bits per heavy atom. The Balaban J connectivity index is 1.56. The quantitative estimate of drug-likeness (QED) is 0.221. The summed E-state index contributed by atoms with van der Waals surface area (Å²) >= 11 is 0. The number of rotatable bonds is 3. The van der Waals surface area contributed by atoms with Crippen LogP contribution in [0.3, 0.4) is 0 Å². The van der Waals surface area contributed by atoms with Gasteiger partial charge in [0.15, 0.2) is 17.3 Å². The van der Waals surface area contributed by atoms with E-state index < -0.39 is 46.6 Å². The van der Waals surface area contributed by atoms with Gasteiger partial charge in [-0.3, -0.25) is 14.4 Å². The largest absolute Gasteiger partial charge is 0.352 e. The Morgan fingerprint density at radius 1 is 0.825 bits per heavy atom. The molecule has 7 rings (SSSR count). The van der Waals surface area contributed by atoms with Crippen LogP contribution in [-0.4, -0.2) is 29.4 Å². The highest BCUT2D eigenvalue weighted by atomic mass is 19.1. The van der Waals surface area contributed by atoms with Gasteiger partial charge in [-0.2, -0.15) is 0 Å².